The second-order valence-corrected chi connectivity index (χ2v) is 6.02. The summed E-state index contributed by atoms with van der Waals surface area (Å²) in [4.78, 5) is 0. The van der Waals surface area contributed by atoms with E-state index in [0.717, 1.165) is 6.42 Å². The average Bonchev–Trinajstić information content (AvgIpc) is 3.00. The Bertz CT molecular complexity index is 722. The highest BCUT2D eigenvalue weighted by molar-refractivity contribution is 5.41. The number of alkyl halides is 6. The second kappa shape index (κ2) is 8.20. The normalized spacial score (nSPS) is 13.6. The Morgan fingerprint density at radius 3 is 2.19 bits per heavy atom. The first-order valence-corrected chi connectivity index (χ1v) is 8.09. The van der Waals surface area contributed by atoms with E-state index in [-0.39, 0.29) is 11.6 Å². The molecule has 2 aromatic rings. The quantitative estimate of drug-likeness (QED) is 0.522. The molecule has 27 heavy (non-hydrogen) atoms. The van der Waals surface area contributed by atoms with Crippen molar-refractivity contribution in [3.63, 3.8) is 0 Å². The number of aryl methyl sites for hydroxylation is 1. The summed E-state index contributed by atoms with van der Waals surface area (Å²) < 4.78 is 84.3. The maximum Gasteiger partial charge on any atom is 0.416 e. The lowest BCUT2D eigenvalue weighted by molar-refractivity contribution is -0.143. The third kappa shape index (κ3) is 5.88. The van der Waals surface area contributed by atoms with Gasteiger partial charge in [0.1, 0.15) is 5.82 Å². The van der Waals surface area contributed by atoms with Crippen LogP contribution in [0.5, 0.6) is 0 Å². The molecule has 0 amide bonds. The van der Waals surface area contributed by atoms with E-state index in [9.17, 15) is 26.3 Å². The number of nitrogens with zero attached hydrogens (tertiary/aromatic N) is 2. The number of ether oxygens (including phenoxy) is 1. The molecule has 0 spiro atoms. The molecule has 1 N–H and O–H groups in total. The third-order valence-corrected chi connectivity index (χ3v) is 3.85. The maximum atomic E-state index is 13.0. The summed E-state index contributed by atoms with van der Waals surface area (Å²) in [6, 6.07) is 2.32. The molecule has 2 rings (SSSR count). The Morgan fingerprint density at radius 2 is 1.67 bits per heavy atom. The molecule has 0 aliphatic heterocycles. The summed E-state index contributed by atoms with van der Waals surface area (Å²) in [5.41, 5.74) is -2.82. The molecule has 4 nitrogen and oxygen atoms in total. The van der Waals surface area contributed by atoms with Gasteiger partial charge in [-0.2, -0.15) is 31.4 Å². The van der Waals surface area contributed by atoms with Crippen molar-refractivity contribution in [2.45, 2.75) is 38.3 Å². The summed E-state index contributed by atoms with van der Waals surface area (Å²) in [7, 11) is 1.57. The van der Waals surface area contributed by atoms with Crippen LogP contribution in [0.1, 0.15) is 36.1 Å². The van der Waals surface area contributed by atoms with Gasteiger partial charge in [0.05, 0.1) is 17.2 Å². The molecule has 0 aliphatic carbocycles. The Balaban J connectivity index is 2.21. The molecule has 0 radical (unpaired) electrons. The van der Waals surface area contributed by atoms with E-state index in [4.69, 9.17) is 4.74 Å². The highest BCUT2D eigenvalue weighted by Gasteiger charge is 2.37. The summed E-state index contributed by atoms with van der Waals surface area (Å²) in [5, 5.41) is 7.02. The summed E-state index contributed by atoms with van der Waals surface area (Å²) >= 11 is 0. The van der Waals surface area contributed by atoms with E-state index in [1.165, 1.54) is 6.92 Å². The van der Waals surface area contributed by atoms with Crippen molar-refractivity contribution in [3.05, 3.63) is 47.2 Å². The standard InChI is InChI=1S/C17H19F6N3O/c1-11(24-15-4-6-26(25-15)5-3-7-27-2)12-8-13(16(18,19)20)10-14(9-12)17(21,22)23/h4,6,8-11H,3,5,7H2,1-2H3,(H,24,25)/t11-/m0/s1. The van der Waals surface area contributed by atoms with E-state index in [0.29, 0.717) is 31.1 Å². The lowest BCUT2D eigenvalue weighted by atomic mass is 10.0. The topological polar surface area (TPSA) is 39.1 Å². The molecule has 10 heteroatoms. The Kier molecular flexibility index (Phi) is 6.40. The predicted octanol–water partition coefficient (Wildman–Crippen LogP) is 5.13. The van der Waals surface area contributed by atoms with Crippen LogP contribution in [-0.4, -0.2) is 23.5 Å². The number of nitrogens with one attached hydrogen (secondary N) is 1. The highest BCUT2D eigenvalue weighted by atomic mass is 19.4. The molecule has 0 unspecified atom stereocenters. The summed E-state index contributed by atoms with van der Waals surface area (Å²) in [6.07, 6.45) is -7.37. The molecule has 1 aromatic carbocycles. The van der Waals surface area contributed by atoms with Crippen molar-refractivity contribution in [1.82, 2.24) is 9.78 Å². The molecule has 0 saturated heterocycles. The molecule has 0 saturated carbocycles. The third-order valence-electron chi connectivity index (χ3n) is 3.85. The first kappa shape index (κ1) is 21.1. The first-order chi connectivity index (χ1) is 12.5. The van der Waals surface area contributed by atoms with Gasteiger partial charge in [0.25, 0.3) is 0 Å². The second-order valence-electron chi connectivity index (χ2n) is 6.02. The van der Waals surface area contributed by atoms with Gasteiger partial charge < -0.3 is 10.1 Å². The summed E-state index contributed by atoms with van der Waals surface area (Å²) in [5.74, 6) is 0.353. The number of benzene rings is 1. The molecular weight excluding hydrogens is 376 g/mol. The van der Waals surface area contributed by atoms with Gasteiger partial charge in [0.2, 0.25) is 0 Å². The van der Waals surface area contributed by atoms with Gasteiger partial charge in [-0.1, -0.05) is 0 Å². The van der Waals surface area contributed by atoms with Crippen LogP contribution in [0.25, 0.3) is 0 Å². The highest BCUT2D eigenvalue weighted by Crippen LogP contribution is 2.37. The monoisotopic (exact) mass is 395 g/mol. The number of anilines is 1. The van der Waals surface area contributed by atoms with E-state index < -0.39 is 29.5 Å². The average molecular weight is 395 g/mol. The number of aromatic nitrogens is 2. The zero-order chi connectivity index (χ0) is 20.2. The van der Waals surface area contributed by atoms with Gasteiger partial charge in [-0.05, 0) is 37.1 Å². The van der Waals surface area contributed by atoms with Crippen molar-refractivity contribution >= 4 is 5.82 Å². The fraction of sp³-hybridized carbons (Fsp3) is 0.471. The van der Waals surface area contributed by atoms with E-state index in [1.54, 1.807) is 24.1 Å². The zero-order valence-corrected chi connectivity index (χ0v) is 14.7. The number of halogens is 6. The van der Waals surface area contributed by atoms with Gasteiger partial charge in [-0.15, -0.1) is 0 Å². The SMILES string of the molecule is COCCCn1ccc(N[C@@H](C)c2cc(C(F)(F)F)cc(C(F)(F)F)c2)n1. The Labute approximate surface area is 152 Å². The fourth-order valence-electron chi connectivity index (χ4n) is 2.47. The number of rotatable bonds is 7. The van der Waals surface area contributed by atoms with Crippen LogP contribution >= 0.6 is 0 Å². The molecular formula is C17H19F6N3O. The lowest BCUT2D eigenvalue weighted by Crippen LogP contribution is -2.15. The maximum absolute atomic E-state index is 13.0. The Hall–Kier alpha value is -2.23. The van der Waals surface area contributed by atoms with Crippen LogP contribution in [0.15, 0.2) is 30.5 Å². The van der Waals surface area contributed by atoms with E-state index in [1.807, 2.05) is 0 Å². The van der Waals surface area contributed by atoms with Crippen molar-refractivity contribution in [2.24, 2.45) is 0 Å². The fourth-order valence-corrected chi connectivity index (χ4v) is 2.47. The van der Waals surface area contributed by atoms with E-state index in [2.05, 4.69) is 10.4 Å². The largest absolute Gasteiger partial charge is 0.416 e. The van der Waals surface area contributed by atoms with Crippen LogP contribution in [0.3, 0.4) is 0 Å². The predicted molar refractivity (Wildman–Crippen MR) is 87.2 cm³/mol. The number of methoxy groups -OCH3 is 1. The molecule has 1 aromatic heterocycles. The molecule has 0 bridgehead atoms. The van der Waals surface area contributed by atoms with Crippen LogP contribution < -0.4 is 5.32 Å². The Morgan fingerprint density at radius 1 is 1.07 bits per heavy atom. The molecule has 0 fully saturated rings. The minimum absolute atomic E-state index is 0.112. The van der Waals surface area contributed by atoms with Crippen molar-refractivity contribution in [1.29, 1.82) is 0 Å². The first-order valence-electron chi connectivity index (χ1n) is 8.09. The zero-order valence-electron chi connectivity index (χ0n) is 14.7. The molecule has 150 valence electrons. The number of hydrogen-bond acceptors (Lipinski definition) is 3. The van der Waals surface area contributed by atoms with Gasteiger partial charge in [-0.25, -0.2) is 0 Å². The number of hydrogen-bond donors (Lipinski definition) is 1. The van der Waals surface area contributed by atoms with Gasteiger partial charge in [0.15, 0.2) is 0 Å². The lowest BCUT2D eigenvalue weighted by Gasteiger charge is -2.18. The minimum atomic E-state index is -4.88. The van der Waals surface area contributed by atoms with Gasteiger partial charge in [0, 0.05) is 32.5 Å². The van der Waals surface area contributed by atoms with Crippen molar-refractivity contribution in [2.75, 3.05) is 19.0 Å². The molecule has 1 atom stereocenters. The van der Waals surface area contributed by atoms with Gasteiger partial charge >= 0.3 is 12.4 Å². The van der Waals surface area contributed by atoms with Crippen LogP contribution in [0, 0.1) is 0 Å². The molecule has 1 heterocycles. The molecule has 0 aliphatic rings. The van der Waals surface area contributed by atoms with Gasteiger partial charge in [-0.3, -0.25) is 4.68 Å². The summed E-state index contributed by atoms with van der Waals surface area (Å²) in [6.45, 7) is 2.59. The van der Waals surface area contributed by atoms with Crippen LogP contribution in [-0.2, 0) is 23.6 Å². The van der Waals surface area contributed by atoms with Crippen LogP contribution in [0.2, 0.25) is 0 Å². The van der Waals surface area contributed by atoms with E-state index >= 15 is 0 Å². The smallest absolute Gasteiger partial charge is 0.385 e. The van der Waals surface area contributed by atoms with Crippen LogP contribution in [0.4, 0.5) is 32.2 Å². The van der Waals surface area contributed by atoms with Crippen molar-refractivity contribution in [3.8, 4) is 0 Å². The minimum Gasteiger partial charge on any atom is -0.385 e. The van der Waals surface area contributed by atoms with Crippen molar-refractivity contribution < 1.29 is 31.1 Å².